The highest BCUT2D eigenvalue weighted by Crippen LogP contribution is 2.32. The highest BCUT2D eigenvalue weighted by atomic mass is 127. The molecule has 4 atom stereocenters. The van der Waals surface area contributed by atoms with E-state index in [9.17, 15) is 29.8 Å². The SMILES string of the molecule is C=C(I)[C@H](C)C[C@@H](CC[C@@H]1O[C@@H](CCCOC(=O)c2ccc([N+](=O)[O-])cc2)CC1=C)OC(=O)c1ccc([N+](=O)[O-])cc1. The van der Waals surface area contributed by atoms with Crippen molar-refractivity contribution >= 4 is 45.9 Å². The second-order valence-corrected chi connectivity index (χ2v) is 11.6. The zero-order chi connectivity index (χ0) is 30.8. The number of carbonyl (C=O) groups is 2. The molecule has 2 aromatic rings. The summed E-state index contributed by atoms with van der Waals surface area (Å²) in [5.41, 5.74) is 1.23. The largest absolute Gasteiger partial charge is 0.462 e. The maximum atomic E-state index is 12.8. The number of rotatable bonds is 15. The molecule has 0 spiro atoms. The smallest absolute Gasteiger partial charge is 0.338 e. The van der Waals surface area contributed by atoms with Crippen LogP contribution in [0.3, 0.4) is 0 Å². The third-order valence-corrected chi connectivity index (χ3v) is 8.07. The van der Waals surface area contributed by atoms with Crippen molar-refractivity contribution in [3.8, 4) is 0 Å². The van der Waals surface area contributed by atoms with Crippen LogP contribution in [0.4, 0.5) is 11.4 Å². The molecule has 0 saturated carbocycles. The molecule has 0 bridgehead atoms. The fourth-order valence-electron chi connectivity index (χ4n) is 4.54. The maximum absolute atomic E-state index is 12.8. The topological polar surface area (TPSA) is 148 Å². The van der Waals surface area contributed by atoms with Gasteiger partial charge in [0.15, 0.2) is 0 Å². The molecule has 42 heavy (non-hydrogen) atoms. The summed E-state index contributed by atoms with van der Waals surface area (Å²) in [4.78, 5) is 45.6. The molecule has 12 heteroatoms. The molecule has 1 heterocycles. The summed E-state index contributed by atoms with van der Waals surface area (Å²) in [6, 6.07) is 10.6. The van der Waals surface area contributed by atoms with Gasteiger partial charge in [-0.15, -0.1) is 0 Å². The molecule has 3 rings (SSSR count). The van der Waals surface area contributed by atoms with Crippen molar-refractivity contribution < 1.29 is 33.6 Å². The van der Waals surface area contributed by atoms with Crippen molar-refractivity contribution in [2.75, 3.05) is 6.61 Å². The summed E-state index contributed by atoms with van der Waals surface area (Å²) in [5.74, 6) is -0.986. The van der Waals surface area contributed by atoms with Crippen LogP contribution in [0.15, 0.2) is 70.8 Å². The normalized spacial score (nSPS) is 17.7. The van der Waals surface area contributed by atoms with Crippen LogP contribution in [0.1, 0.15) is 66.2 Å². The summed E-state index contributed by atoms with van der Waals surface area (Å²) in [6.45, 7) is 10.4. The number of carbonyl (C=O) groups excluding carboxylic acids is 2. The number of benzene rings is 2. The quantitative estimate of drug-likeness (QED) is 0.0475. The zero-order valence-corrected chi connectivity index (χ0v) is 25.4. The van der Waals surface area contributed by atoms with Crippen LogP contribution in [-0.2, 0) is 14.2 Å². The molecule has 224 valence electrons. The van der Waals surface area contributed by atoms with E-state index in [0.29, 0.717) is 38.5 Å². The van der Waals surface area contributed by atoms with E-state index in [1.165, 1.54) is 48.5 Å². The first-order valence-corrected chi connectivity index (χ1v) is 14.6. The van der Waals surface area contributed by atoms with E-state index in [1.807, 2.05) is 6.92 Å². The monoisotopic (exact) mass is 692 g/mol. The number of nitro groups is 2. The molecule has 0 N–H and O–H groups in total. The van der Waals surface area contributed by atoms with Crippen molar-refractivity contribution in [3.63, 3.8) is 0 Å². The zero-order valence-electron chi connectivity index (χ0n) is 23.2. The second kappa shape index (κ2) is 15.5. The number of nitrogens with zero attached hydrogens (tertiary/aromatic N) is 2. The number of hydrogen-bond donors (Lipinski definition) is 0. The van der Waals surface area contributed by atoms with Gasteiger partial charge < -0.3 is 14.2 Å². The first-order chi connectivity index (χ1) is 19.9. The Morgan fingerprint density at radius 3 is 2.07 bits per heavy atom. The predicted octanol–water partition coefficient (Wildman–Crippen LogP) is 7.13. The average Bonchev–Trinajstić information content (AvgIpc) is 3.32. The average molecular weight is 693 g/mol. The van der Waals surface area contributed by atoms with Crippen LogP contribution < -0.4 is 0 Å². The number of allylic oxidation sites excluding steroid dienone is 1. The van der Waals surface area contributed by atoms with Gasteiger partial charge in [-0.25, -0.2) is 9.59 Å². The molecule has 1 fully saturated rings. The summed E-state index contributed by atoms with van der Waals surface area (Å²) < 4.78 is 18.3. The van der Waals surface area contributed by atoms with Gasteiger partial charge in [-0.05, 0) is 100 Å². The third-order valence-electron chi connectivity index (χ3n) is 7.01. The number of esters is 2. The van der Waals surface area contributed by atoms with Gasteiger partial charge in [0.2, 0.25) is 0 Å². The lowest BCUT2D eigenvalue weighted by atomic mass is 9.97. The van der Waals surface area contributed by atoms with Crippen molar-refractivity contribution in [2.24, 2.45) is 5.92 Å². The van der Waals surface area contributed by atoms with Crippen LogP contribution in [-0.4, -0.2) is 46.7 Å². The molecule has 0 aromatic heterocycles. The lowest BCUT2D eigenvalue weighted by molar-refractivity contribution is -0.385. The molecule has 0 amide bonds. The fraction of sp³-hybridized carbons (Fsp3) is 0.400. The maximum Gasteiger partial charge on any atom is 0.338 e. The minimum absolute atomic E-state index is 0.0743. The summed E-state index contributed by atoms with van der Waals surface area (Å²) in [7, 11) is 0. The van der Waals surface area contributed by atoms with Crippen molar-refractivity contribution in [1.82, 2.24) is 0 Å². The van der Waals surface area contributed by atoms with E-state index in [-0.39, 0.29) is 47.2 Å². The molecule has 1 aliphatic heterocycles. The van der Waals surface area contributed by atoms with Crippen molar-refractivity contribution in [1.29, 1.82) is 0 Å². The van der Waals surface area contributed by atoms with Gasteiger partial charge >= 0.3 is 11.9 Å². The van der Waals surface area contributed by atoms with Crippen LogP contribution in [0.25, 0.3) is 0 Å². The van der Waals surface area contributed by atoms with Crippen molar-refractivity contribution in [3.05, 3.63) is 102 Å². The Hall–Kier alpha value is -3.65. The Morgan fingerprint density at radius 2 is 1.55 bits per heavy atom. The van der Waals surface area contributed by atoms with Crippen LogP contribution in [0, 0.1) is 26.1 Å². The van der Waals surface area contributed by atoms with E-state index < -0.39 is 27.9 Å². The van der Waals surface area contributed by atoms with E-state index >= 15 is 0 Å². The summed E-state index contributed by atoms with van der Waals surface area (Å²) in [6.07, 6.45) is 2.94. The van der Waals surface area contributed by atoms with Gasteiger partial charge in [-0.2, -0.15) is 0 Å². The highest BCUT2D eigenvalue weighted by Gasteiger charge is 2.30. The minimum Gasteiger partial charge on any atom is -0.462 e. The molecule has 1 aliphatic rings. The molecular formula is C30H33IN2O9. The molecular weight excluding hydrogens is 659 g/mol. The molecule has 1 saturated heterocycles. The minimum atomic E-state index is -0.548. The standard InChI is InChI=1S/C30H33IN2O9/c1-19(21(3)31)17-27(42-30(35)23-8-12-25(13-9-23)33(38)39)14-15-28-20(2)18-26(41-28)5-4-16-40-29(34)22-6-10-24(11-7-22)32(36)37/h6-13,19,26-28H,2-5,14-18H2,1H3/t19-,26+,27-,28+/m1/s1. The Morgan fingerprint density at radius 1 is 1.00 bits per heavy atom. The number of hydrogen-bond acceptors (Lipinski definition) is 9. The van der Waals surface area contributed by atoms with E-state index in [1.54, 1.807) is 0 Å². The van der Waals surface area contributed by atoms with Crippen LogP contribution in [0.5, 0.6) is 0 Å². The lowest BCUT2D eigenvalue weighted by Crippen LogP contribution is -2.23. The number of halogens is 1. The van der Waals surface area contributed by atoms with Gasteiger partial charge in [0.05, 0.1) is 39.8 Å². The Balaban J connectivity index is 1.47. The molecule has 11 nitrogen and oxygen atoms in total. The highest BCUT2D eigenvalue weighted by molar-refractivity contribution is 14.1. The third kappa shape index (κ3) is 9.72. The molecule has 0 aliphatic carbocycles. The van der Waals surface area contributed by atoms with Gasteiger partial charge in [0.25, 0.3) is 11.4 Å². The van der Waals surface area contributed by atoms with Crippen LogP contribution in [0.2, 0.25) is 0 Å². The predicted molar refractivity (Wildman–Crippen MR) is 164 cm³/mol. The van der Waals surface area contributed by atoms with Crippen LogP contribution >= 0.6 is 22.6 Å². The first kappa shape index (κ1) is 32.9. The number of non-ortho nitro benzene ring substituents is 2. The van der Waals surface area contributed by atoms with Gasteiger partial charge in [0.1, 0.15) is 6.10 Å². The summed E-state index contributed by atoms with van der Waals surface area (Å²) in [5, 5.41) is 21.7. The Labute approximate surface area is 257 Å². The first-order valence-electron chi connectivity index (χ1n) is 13.5. The molecule has 0 unspecified atom stereocenters. The second-order valence-electron chi connectivity index (χ2n) is 10.2. The van der Waals surface area contributed by atoms with Gasteiger partial charge in [-0.3, -0.25) is 20.2 Å². The Kier molecular flexibility index (Phi) is 12.2. The van der Waals surface area contributed by atoms with Gasteiger partial charge in [-0.1, -0.05) is 20.1 Å². The van der Waals surface area contributed by atoms with Gasteiger partial charge in [0, 0.05) is 24.3 Å². The van der Waals surface area contributed by atoms with E-state index in [2.05, 4.69) is 35.7 Å². The van der Waals surface area contributed by atoms with E-state index in [0.717, 1.165) is 9.15 Å². The molecule has 2 aromatic carbocycles. The Bertz CT molecular complexity index is 1310. The fourth-order valence-corrected chi connectivity index (χ4v) is 4.80. The summed E-state index contributed by atoms with van der Waals surface area (Å²) >= 11 is 2.16. The van der Waals surface area contributed by atoms with Crippen molar-refractivity contribution in [2.45, 2.75) is 63.8 Å². The molecule has 0 radical (unpaired) electrons. The number of nitro benzene ring substituents is 2. The number of ether oxygens (including phenoxy) is 3. The van der Waals surface area contributed by atoms with E-state index in [4.69, 9.17) is 14.2 Å². The lowest BCUT2D eigenvalue weighted by Gasteiger charge is -2.23.